The number of rotatable bonds is 4. The molecule has 0 saturated heterocycles. The van der Waals surface area contributed by atoms with Crippen LogP contribution in [-0.4, -0.2) is 36.0 Å². The number of nitrogens with zero attached hydrogens (tertiary/aromatic N) is 2. The van der Waals surface area contributed by atoms with E-state index in [1.165, 1.54) is 4.90 Å². The Morgan fingerprint density at radius 3 is 2.52 bits per heavy atom. The molecule has 0 bridgehead atoms. The molecule has 0 radical (unpaired) electrons. The second-order valence-electron chi connectivity index (χ2n) is 6.05. The lowest BCUT2D eigenvalue weighted by molar-refractivity contribution is -0.138. The molecule has 0 N–H and O–H groups in total. The number of amides is 1. The quantitative estimate of drug-likeness (QED) is 0.801. The fourth-order valence-corrected chi connectivity index (χ4v) is 3.00. The van der Waals surface area contributed by atoms with Gasteiger partial charge in [-0.1, -0.05) is 37.5 Å². The van der Waals surface area contributed by atoms with Crippen molar-refractivity contribution in [2.24, 2.45) is 0 Å². The van der Waals surface area contributed by atoms with Gasteiger partial charge in [-0.25, -0.2) is 4.79 Å². The maximum absolute atomic E-state index is 12.3. The first-order valence-corrected chi connectivity index (χ1v) is 7.91. The van der Waals surface area contributed by atoms with Gasteiger partial charge in [0.05, 0.1) is 11.6 Å². The van der Waals surface area contributed by atoms with Gasteiger partial charge in [-0.05, 0) is 31.4 Å². The molecule has 1 aliphatic carbocycles. The summed E-state index contributed by atoms with van der Waals surface area (Å²) in [6, 6.07) is 9.37. The van der Waals surface area contributed by atoms with Crippen molar-refractivity contribution in [3.05, 3.63) is 35.4 Å². The van der Waals surface area contributed by atoms with E-state index < -0.39 is 11.5 Å². The van der Waals surface area contributed by atoms with Gasteiger partial charge in [0.25, 0.3) is 5.91 Å². The summed E-state index contributed by atoms with van der Waals surface area (Å²) in [4.78, 5) is 25.8. The minimum atomic E-state index is -0.760. The fourth-order valence-electron chi connectivity index (χ4n) is 3.00. The molecule has 1 saturated carbocycles. The molecule has 5 heteroatoms. The van der Waals surface area contributed by atoms with Crippen LogP contribution in [0.2, 0.25) is 0 Å². The minimum Gasteiger partial charge on any atom is -0.452 e. The van der Waals surface area contributed by atoms with Gasteiger partial charge in [0.2, 0.25) is 0 Å². The molecule has 23 heavy (non-hydrogen) atoms. The highest BCUT2D eigenvalue weighted by molar-refractivity contribution is 5.92. The summed E-state index contributed by atoms with van der Waals surface area (Å²) < 4.78 is 5.13. The highest BCUT2D eigenvalue weighted by Crippen LogP contribution is 2.32. The summed E-state index contributed by atoms with van der Waals surface area (Å²) >= 11 is 0. The van der Waals surface area contributed by atoms with Gasteiger partial charge >= 0.3 is 5.97 Å². The number of esters is 1. The molecule has 1 fully saturated rings. The SMILES string of the molecule is Cc1ccccc1C(=O)OCC(=O)N(C)C1(C#N)CCCCC1. The Kier molecular flexibility index (Phi) is 5.38. The van der Waals surface area contributed by atoms with Crippen molar-refractivity contribution in [2.45, 2.75) is 44.6 Å². The third-order valence-electron chi connectivity index (χ3n) is 4.60. The number of benzene rings is 1. The topological polar surface area (TPSA) is 70.4 Å². The van der Waals surface area contributed by atoms with Crippen molar-refractivity contribution in [3.8, 4) is 6.07 Å². The molecule has 5 nitrogen and oxygen atoms in total. The van der Waals surface area contributed by atoms with Gasteiger partial charge in [0.1, 0.15) is 5.54 Å². The van der Waals surface area contributed by atoms with Crippen LogP contribution in [0.5, 0.6) is 0 Å². The Morgan fingerprint density at radius 2 is 1.91 bits per heavy atom. The van der Waals surface area contributed by atoms with E-state index in [9.17, 15) is 14.9 Å². The van der Waals surface area contributed by atoms with Crippen LogP contribution in [0, 0.1) is 18.3 Å². The molecular weight excluding hydrogens is 292 g/mol. The van der Waals surface area contributed by atoms with Crippen molar-refractivity contribution in [1.29, 1.82) is 5.26 Å². The number of nitriles is 1. The second-order valence-corrected chi connectivity index (χ2v) is 6.05. The van der Waals surface area contributed by atoms with Gasteiger partial charge in [-0.2, -0.15) is 5.26 Å². The predicted octanol–water partition coefficient (Wildman–Crippen LogP) is 2.84. The van der Waals surface area contributed by atoms with Gasteiger partial charge in [0, 0.05) is 7.05 Å². The molecular formula is C18H22N2O3. The van der Waals surface area contributed by atoms with E-state index >= 15 is 0 Å². The molecule has 1 aliphatic rings. The number of likely N-dealkylation sites (N-methyl/N-ethyl adjacent to an activating group) is 1. The minimum absolute atomic E-state index is 0.338. The van der Waals surface area contributed by atoms with Gasteiger partial charge in [0.15, 0.2) is 6.61 Å². The molecule has 0 heterocycles. The highest BCUT2D eigenvalue weighted by Gasteiger charge is 2.39. The van der Waals surface area contributed by atoms with E-state index in [1.54, 1.807) is 19.2 Å². The lowest BCUT2D eigenvalue weighted by Crippen LogP contribution is -2.51. The molecule has 0 atom stereocenters. The summed E-state index contributed by atoms with van der Waals surface area (Å²) in [5.74, 6) is -0.852. The van der Waals surface area contributed by atoms with Crippen molar-refractivity contribution in [1.82, 2.24) is 4.90 Å². The molecule has 0 aliphatic heterocycles. The van der Waals surface area contributed by atoms with Crippen LogP contribution >= 0.6 is 0 Å². The fraction of sp³-hybridized carbons (Fsp3) is 0.500. The lowest BCUT2D eigenvalue weighted by atomic mass is 9.81. The number of ether oxygens (including phenoxy) is 1. The maximum Gasteiger partial charge on any atom is 0.338 e. The van der Waals surface area contributed by atoms with Crippen LogP contribution in [0.4, 0.5) is 0 Å². The largest absolute Gasteiger partial charge is 0.452 e. The van der Waals surface area contributed by atoms with Crippen LogP contribution < -0.4 is 0 Å². The standard InChI is InChI=1S/C18H22N2O3/c1-14-8-4-5-9-15(14)17(22)23-12-16(21)20(2)18(13-19)10-6-3-7-11-18/h4-5,8-9H,3,6-7,10-12H2,1-2H3. The first-order valence-electron chi connectivity index (χ1n) is 7.91. The average molecular weight is 314 g/mol. The summed E-state index contributed by atoms with van der Waals surface area (Å²) in [6.07, 6.45) is 4.32. The molecule has 2 rings (SSSR count). The van der Waals surface area contributed by atoms with Crippen molar-refractivity contribution in [2.75, 3.05) is 13.7 Å². The Morgan fingerprint density at radius 1 is 1.26 bits per heavy atom. The molecule has 1 aromatic carbocycles. The van der Waals surface area contributed by atoms with Crippen LogP contribution in [0.1, 0.15) is 48.0 Å². The number of carbonyl (C=O) groups is 2. The normalized spacial score (nSPS) is 16.2. The zero-order valence-corrected chi connectivity index (χ0v) is 13.7. The number of hydrogen-bond donors (Lipinski definition) is 0. The third-order valence-corrected chi connectivity index (χ3v) is 4.60. The van der Waals surface area contributed by atoms with Crippen molar-refractivity contribution in [3.63, 3.8) is 0 Å². The predicted molar refractivity (Wildman–Crippen MR) is 85.7 cm³/mol. The summed E-state index contributed by atoms with van der Waals surface area (Å²) in [6.45, 7) is 1.48. The Bertz CT molecular complexity index is 627. The zero-order chi connectivity index (χ0) is 16.9. The van der Waals surface area contributed by atoms with Crippen LogP contribution in [0.3, 0.4) is 0 Å². The third kappa shape index (κ3) is 3.70. The molecule has 1 aromatic rings. The smallest absolute Gasteiger partial charge is 0.338 e. The van der Waals surface area contributed by atoms with Gasteiger partial charge in [-0.15, -0.1) is 0 Å². The van der Waals surface area contributed by atoms with E-state index in [0.717, 1.165) is 24.8 Å². The molecule has 0 spiro atoms. The van der Waals surface area contributed by atoms with Crippen molar-refractivity contribution >= 4 is 11.9 Å². The first kappa shape index (κ1) is 17.0. The molecule has 0 aromatic heterocycles. The first-order chi connectivity index (χ1) is 11.0. The monoisotopic (exact) mass is 314 g/mol. The van der Waals surface area contributed by atoms with Crippen molar-refractivity contribution < 1.29 is 14.3 Å². The van der Waals surface area contributed by atoms with Crippen LogP contribution in [0.25, 0.3) is 0 Å². The maximum atomic E-state index is 12.3. The summed E-state index contributed by atoms with van der Waals surface area (Å²) in [5, 5.41) is 9.50. The van der Waals surface area contributed by atoms with E-state index in [0.29, 0.717) is 18.4 Å². The second kappa shape index (κ2) is 7.28. The lowest BCUT2D eigenvalue weighted by Gasteiger charge is -2.38. The summed E-state index contributed by atoms with van der Waals surface area (Å²) in [7, 11) is 1.62. The number of aryl methyl sites for hydroxylation is 1. The van der Waals surface area contributed by atoms with E-state index in [1.807, 2.05) is 19.1 Å². The zero-order valence-electron chi connectivity index (χ0n) is 13.7. The molecule has 122 valence electrons. The molecule has 1 amide bonds. The van der Waals surface area contributed by atoms with E-state index in [2.05, 4.69) is 6.07 Å². The van der Waals surface area contributed by atoms with Crippen LogP contribution in [-0.2, 0) is 9.53 Å². The summed E-state index contributed by atoms with van der Waals surface area (Å²) in [5.41, 5.74) is 0.499. The van der Waals surface area contributed by atoms with Gasteiger partial charge < -0.3 is 9.64 Å². The Balaban J connectivity index is 1.98. The van der Waals surface area contributed by atoms with Gasteiger partial charge in [-0.3, -0.25) is 4.79 Å². The number of hydrogen-bond acceptors (Lipinski definition) is 4. The van der Waals surface area contributed by atoms with Crippen LogP contribution in [0.15, 0.2) is 24.3 Å². The molecule has 0 unspecified atom stereocenters. The highest BCUT2D eigenvalue weighted by atomic mass is 16.5. The Labute approximate surface area is 136 Å². The van der Waals surface area contributed by atoms with E-state index in [-0.39, 0.29) is 12.5 Å². The van der Waals surface area contributed by atoms with E-state index in [4.69, 9.17) is 4.74 Å². The Hall–Kier alpha value is -2.35. The average Bonchev–Trinajstić information content (AvgIpc) is 2.59. The number of carbonyl (C=O) groups excluding carboxylic acids is 2.